The van der Waals surface area contributed by atoms with Crippen LogP contribution in [0.1, 0.15) is 23.2 Å². The molecule has 2 heterocycles. The average molecular weight is 326 g/mol. The van der Waals surface area contributed by atoms with Gasteiger partial charge in [-0.25, -0.2) is 0 Å². The molecule has 0 bridgehead atoms. The molecule has 124 valence electrons. The van der Waals surface area contributed by atoms with Crippen molar-refractivity contribution in [3.8, 4) is 11.5 Å². The summed E-state index contributed by atoms with van der Waals surface area (Å²) >= 11 is 0. The summed E-state index contributed by atoms with van der Waals surface area (Å²) in [6.07, 6.45) is 4.29. The second-order valence-electron chi connectivity index (χ2n) is 5.72. The zero-order chi connectivity index (χ0) is 16.9. The van der Waals surface area contributed by atoms with Gasteiger partial charge in [-0.15, -0.1) is 0 Å². The minimum atomic E-state index is -0.779. The number of likely N-dealkylation sites (tertiary alicyclic amines) is 1. The first-order valence-corrected chi connectivity index (χ1v) is 7.83. The van der Waals surface area contributed by atoms with Crippen molar-refractivity contribution in [2.75, 3.05) is 13.1 Å². The zero-order valence-corrected chi connectivity index (χ0v) is 13.1. The van der Waals surface area contributed by atoms with Gasteiger partial charge < -0.3 is 14.7 Å². The van der Waals surface area contributed by atoms with Crippen LogP contribution >= 0.6 is 0 Å². The van der Waals surface area contributed by atoms with Crippen molar-refractivity contribution in [3.05, 3.63) is 54.4 Å². The number of hydrogen-bond donors (Lipinski definition) is 1. The lowest BCUT2D eigenvalue weighted by atomic mass is 9.96. The number of piperidine rings is 1. The fourth-order valence-corrected chi connectivity index (χ4v) is 2.72. The molecule has 1 N–H and O–H groups in total. The molecule has 0 saturated carbocycles. The van der Waals surface area contributed by atoms with Gasteiger partial charge in [0.1, 0.15) is 11.5 Å². The van der Waals surface area contributed by atoms with Crippen LogP contribution < -0.4 is 4.74 Å². The first kappa shape index (κ1) is 16.0. The summed E-state index contributed by atoms with van der Waals surface area (Å²) in [6, 6.07) is 10.5. The lowest BCUT2D eigenvalue weighted by molar-refractivity contribution is -0.143. The topological polar surface area (TPSA) is 79.7 Å². The van der Waals surface area contributed by atoms with Crippen molar-refractivity contribution in [3.63, 3.8) is 0 Å². The molecule has 1 fully saturated rings. The third kappa shape index (κ3) is 3.71. The molecule has 0 aliphatic carbocycles. The van der Waals surface area contributed by atoms with E-state index >= 15 is 0 Å². The second-order valence-corrected chi connectivity index (χ2v) is 5.72. The van der Waals surface area contributed by atoms with Crippen molar-refractivity contribution < 1.29 is 19.4 Å². The van der Waals surface area contributed by atoms with Gasteiger partial charge in [0.15, 0.2) is 0 Å². The van der Waals surface area contributed by atoms with Gasteiger partial charge in [0.2, 0.25) is 0 Å². The van der Waals surface area contributed by atoms with Crippen LogP contribution in [-0.4, -0.2) is 40.0 Å². The van der Waals surface area contributed by atoms with Crippen LogP contribution in [0.3, 0.4) is 0 Å². The van der Waals surface area contributed by atoms with Crippen LogP contribution in [0, 0.1) is 5.92 Å². The maximum Gasteiger partial charge on any atom is 0.306 e. The number of amides is 1. The highest BCUT2D eigenvalue weighted by Crippen LogP contribution is 2.23. The summed E-state index contributed by atoms with van der Waals surface area (Å²) in [4.78, 5) is 29.1. The van der Waals surface area contributed by atoms with Crippen LogP contribution in [-0.2, 0) is 4.79 Å². The predicted octanol–water partition coefficient (Wildman–Crippen LogP) is 2.81. The molecule has 1 aliphatic rings. The number of hydrogen-bond acceptors (Lipinski definition) is 4. The van der Waals surface area contributed by atoms with Gasteiger partial charge in [-0.1, -0.05) is 0 Å². The van der Waals surface area contributed by atoms with Crippen LogP contribution in [0.4, 0.5) is 0 Å². The predicted molar refractivity (Wildman–Crippen MR) is 87.0 cm³/mol. The molecule has 0 unspecified atom stereocenters. The molecule has 6 heteroatoms. The van der Waals surface area contributed by atoms with Gasteiger partial charge in [-0.3, -0.25) is 14.6 Å². The van der Waals surface area contributed by atoms with E-state index in [2.05, 4.69) is 4.98 Å². The average Bonchev–Trinajstić information content (AvgIpc) is 2.63. The van der Waals surface area contributed by atoms with Gasteiger partial charge in [-0.05, 0) is 49.2 Å². The number of aromatic nitrogens is 1. The van der Waals surface area contributed by atoms with Crippen LogP contribution in [0.2, 0.25) is 0 Å². The number of nitrogens with zero attached hydrogens (tertiary/aromatic N) is 2. The Balaban J connectivity index is 1.61. The molecule has 1 aromatic carbocycles. The Kier molecular flexibility index (Phi) is 4.74. The van der Waals surface area contributed by atoms with Crippen LogP contribution in [0.15, 0.2) is 48.8 Å². The Morgan fingerprint density at radius 2 is 1.79 bits per heavy atom. The Bertz CT molecular complexity index is 708. The largest absolute Gasteiger partial charge is 0.481 e. The molecule has 0 spiro atoms. The minimum Gasteiger partial charge on any atom is -0.481 e. The number of carbonyl (C=O) groups excluding carboxylic acids is 1. The molecule has 2 aromatic rings. The highest BCUT2D eigenvalue weighted by molar-refractivity contribution is 5.94. The number of carboxylic acid groups (broad SMARTS) is 1. The highest BCUT2D eigenvalue weighted by atomic mass is 16.5. The molecule has 1 aromatic heterocycles. The van der Waals surface area contributed by atoms with E-state index in [0.29, 0.717) is 43.0 Å². The normalized spacial score (nSPS) is 15.1. The Morgan fingerprint density at radius 3 is 2.38 bits per heavy atom. The molecular weight excluding hydrogens is 308 g/mol. The van der Waals surface area contributed by atoms with Crippen LogP contribution in [0.5, 0.6) is 11.5 Å². The van der Waals surface area contributed by atoms with E-state index < -0.39 is 5.97 Å². The Labute approximate surface area is 139 Å². The fraction of sp³-hybridized carbons (Fsp3) is 0.278. The maximum atomic E-state index is 12.5. The summed E-state index contributed by atoms with van der Waals surface area (Å²) in [6.45, 7) is 0.952. The number of carboxylic acids is 1. The molecule has 0 atom stereocenters. The standard InChI is InChI=1S/C18H18N2O4/c21-17(20-10-7-14(8-11-20)18(22)23)13-3-5-15(6-4-13)24-16-2-1-9-19-12-16/h1-6,9,12,14H,7-8,10-11H2,(H,22,23). The zero-order valence-electron chi connectivity index (χ0n) is 13.1. The van der Waals surface area contributed by atoms with E-state index in [0.717, 1.165) is 0 Å². The molecule has 1 amide bonds. The number of rotatable bonds is 4. The summed E-state index contributed by atoms with van der Waals surface area (Å²) in [7, 11) is 0. The maximum absolute atomic E-state index is 12.5. The smallest absolute Gasteiger partial charge is 0.306 e. The summed E-state index contributed by atoms with van der Waals surface area (Å²) in [5, 5.41) is 9.01. The monoisotopic (exact) mass is 326 g/mol. The number of ether oxygens (including phenoxy) is 1. The van der Waals surface area contributed by atoms with Crippen molar-refractivity contribution in [1.82, 2.24) is 9.88 Å². The van der Waals surface area contributed by atoms with E-state index in [9.17, 15) is 9.59 Å². The number of pyridine rings is 1. The summed E-state index contributed by atoms with van der Waals surface area (Å²) < 4.78 is 5.65. The van der Waals surface area contributed by atoms with Crippen molar-refractivity contribution >= 4 is 11.9 Å². The molecule has 24 heavy (non-hydrogen) atoms. The molecule has 1 saturated heterocycles. The summed E-state index contributed by atoms with van der Waals surface area (Å²) in [5.74, 6) is 0.0616. The van der Waals surface area contributed by atoms with Gasteiger partial charge in [0.25, 0.3) is 5.91 Å². The van der Waals surface area contributed by atoms with Gasteiger partial charge in [0, 0.05) is 24.8 Å². The Hall–Kier alpha value is -2.89. The highest BCUT2D eigenvalue weighted by Gasteiger charge is 2.27. The van der Waals surface area contributed by atoms with Gasteiger partial charge in [0.05, 0.1) is 12.1 Å². The van der Waals surface area contributed by atoms with E-state index in [1.807, 2.05) is 0 Å². The van der Waals surface area contributed by atoms with E-state index in [1.165, 1.54) is 0 Å². The van der Waals surface area contributed by atoms with Crippen molar-refractivity contribution in [1.29, 1.82) is 0 Å². The molecule has 6 nitrogen and oxygen atoms in total. The molecular formula is C18H18N2O4. The molecule has 0 radical (unpaired) electrons. The van der Waals surface area contributed by atoms with Crippen molar-refractivity contribution in [2.24, 2.45) is 5.92 Å². The van der Waals surface area contributed by atoms with Gasteiger partial charge >= 0.3 is 5.97 Å². The minimum absolute atomic E-state index is 0.0771. The molecule has 3 rings (SSSR count). The lowest BCUT2D eigenvalue weighted by Crippen LogP contribution is -2.40. The van der Waals surface area contributed by atoms with Gasteiger partial charge in [-0.2, -0.15) is 0 Å². The lowest BCUT2D eigenvalue weighted by Gasteiger charge is -2.30. The Morgan fingerprint density at radius 1 is 1.08 bits per heavy atom. The third-order valence-electron chi connectivity index (χ3n) is 4.10. The SMILES string of the molecule is O=C(O)C1CCN(C(=O)c2ccc(Oc3cccnc3)cc2)CC1. The molecule has 1 aliphatic heterocycles. The van der Waals surface area contributed by atoms with Crippen LogP contribution in [0.25, 0.3) is 0 Å². The number of aliphatic carboxylic acids is 1. The summed E-state index contributed by atoms with van der Waals surface area (Å²) in [5.41, 5.74) is 0.572. The van der Waals surface area contributed by atoms with Crippen molar-refractivity contribution in [2.45, 2.75) is 12.8 Å². The first-order valence-electron chi connectivity index (χ1n) is 7.83. The quantitative estimate of drug-likeness (QED) is 0.934. The first-order chi connectivity index (χ1) is 11.6. The van der Waals surface area contributed by atoms with E-state index in [-0.39, 0.29) is 11.8 Å². The van der Waals surface area contributed by atoms with E-state index in [4.69, 9.17) is 9.84 Å². The number of carbonyl (C=O) groups is 2. The number of benzene rings is 1. The fourth-order valence-electron chi connectivity index (χ4n) is 2.72. The van der Waals surface area contributed by atoms with E-state index in [1.54, 1.807) is 53.7 Å². The second kappa shape index (κ2) is 7.12. The third-order valence-corrected chi connectivity index (χ3v) is 4.10.